The molecule has 2 fully saturated rings. The lowest BCUT2D eigenvalue weighted by atomic mass is 9.76. The highest BCUT2D eigenvalue weighted by Gasteiger charge is 2.43. The number of benzene rings is 2. The molecule has 3 aliphatic rings. The number of carbonyl (C=O) groups excluding carboxylic acids is 2. The van der Waals surface area contributed by atoms with Crippen LogP contribution in [0.15, 0.2) is 54.6 Å². The molecule has 0 radical (unpaired) electrons. The molecule has 6 heteroatoms. The summed E-state index contributed by atoms with van der Waals surface area (Å²) in [6, 6.07) is 14.0. The first-order chi connectivity index (χ1) is 15.9. The van der Waals surface area contributed by atoms with Crippen LogP contribution in [0.2, 0.25) is 0 Å². The maximum atomic E-state index is 13.0. The quantitative estimate of drug-likeness (QED) is 0.750. The number of carbonyl (C=O) groups is 2. The maximum absolute atomic E-state index is 13.0. The third-order valence-corrected chi connectivity index (χ3v) is 7.14. The van der Waals surface area contributed by atoms with Crippen molar-refractivity contribution in [2.75, 3.05) is 26.2 Å². The van der Waals surface area contributed by atoms with Crippen molar-refractivity contribution < 1.29 is 9.59 Å². The summed E-state index contributed by atoms with van der Waals surface area (Å²) in [6.45, 7) is 2.16. The van der Waals surface area contributed by atoms with Gasteiger partial charge in [0.05, 0.1) is 5.54 Å². The highest BCUT2D eigenvalue weighted by molar-refractivity contribution is 5.95. The van der Waals surface area contributed by atoms with E-state index in [1.54, 1.807) is 0 Å². The number of nitrogens with two attached hydrogens (primary N) is 2. The molecule has 1 aliphatic heterocycles. The molecule has 33 heavy (non-hydrogen) atoms. The molecule has 0 atom stereocenters. The van der Waals surface area contributed by atoms with Gasteiger partial charge < -0.3 is 21.3 Å². The molecule has 1 heterocycles. The average molecular weight is 443 g/mol. The van der Waals surface area contributed by atoms with Gasteiger partial charge in [0.25, 0.3) is 5.91 Å². The van der Waals surface area contributed by atoms with E-state index in [1.165, 1.54) is 0 Å². The Morgan fingerprint density at radius 3 is 2.21 bits per heavy atom. The molecule has 2 aromatic carbocycles. The lowest BCUT2D eigenvalue weighted by Gasteiger charge is -2.43. The number of hydrogen-bond donors (Lipinski definition) is 2. The molecule has 0 aromatic heterocycles. The Morgan fingerprint density at radius 2 is 1.55 bits per heavy atom. The Hall–Kier alpha value is -3.38. The summed E-state index contributed by atoms with van der Waals surface area (Å²) in [7, 11) is 0. The zero-order valence-corrected chi connectivity index (χ0v) is 18.8. The summed E-state index contributed by atoms with van der Waals surface area (Å²) in [5.74, 6) is 0.0422. The van der Waals surface area contributed by atoms with Gasteiger partial charge in [-0.15, -0.1) is 0 Å². The Kier molecular flexibility index (Phi) is 5.54. The number of fused-ring (bicyclic) bond motifs is 1. The second-order valence-electron chi connectivity index (χ2n) is 9.30. The van der Waals surface area contributed by atoms with Crippen LogP contribution in [0, 0.1) is 0 Å². The normalized spacial score (nSPS) is 19.2. The van der Waals surface area contributed by atoms with Crippen LogP contribution in [0.1, 0.15) is 36.0 Å². The predicted octanol–water partition coefficient (Wildman–Crippen LogP) is 1.33. The molecule has 170 valence electrons. The van der Waals surface area contributed by atoms with Crippen molar-refractivity contribution in [1.82, 2.24) is 9.80 Å². The van der Waals surface area contributed by atoms with Gasteiger partial charge in [-0.1, -0.05) is 42.5 Å². The van der Waals surface area contributed by atoms with E-state index in [9.17, 15) is 9.59 Å². The minimum absolute atomic E-state index is 0.00234. The zero-order chi connectivity index (χ0) is 23.0. The van der Waals surface area contributed by atoms with Crippen molar-refractivity contribution in [2.45, 2.75) is 31.2 Å². The van der Waals surface area contributed by atoms with E-state index in [1.807, 2.05) is 40.1 Å². The van der Waals surface area contributed by atoms with Gasteiger partial charge >= 0.3 is 0 Å². The lowest BCUT2D eigenvalue weighted by molar-refractivity contribution is -0.141. The summed E-state index contributed by atoms with van der Waals surface area (Å²) < 4.78 is 0. The van der Waals surface area contributed by atoms with Crippen molar-refractivity contribution >= 4 is 23.6 Å². The first-order valence-electron chi connectivity index (χ1n) is 11.7. The Bertz CT molecular complexity index is 1230. The molecule has 1 saturated carbocycles. The van der Waals surface area contributed by atoms with Crippen LogP contribution in [0.5, 0.6) is 0 Å². The molecule has 6 nitrogen and oxygen atoms in total. The molecule has 0 unspecified atom stereocenters. The van der Waals surface area contributed by atoms with E-state index in [4.69, 9.17) is 11.5 Å². The van der Waals surface area contributed by atoms with Crippen LogP contribution in [0.4, 0.5) is 0 Å². The lowest BCUT2D eigenvalue weighted by Crippen LogP contribution is -2.62. The van der Waals surface area contributed by atoms with Gasteiger partial charge in [0.1, 0.15) is 0 Å². The first-order valence-corrected chi connectivity index (χ1v) is 11.7. The van der Waals surface area contributed by atoms with Gasteiger partial charge in [0.15, 0.2) is 0 Å². The molecule has 4 N–H and O–H groups in total. The van der Waals surface area contributed by atoms with Gasteiger partial charge in [-0.3, -0.25) is 9.59 Å². The molecule has 1 saturated heterocycles. The Morgan fingerprint density at radius 1 is 0.879 bits per heavy atom. The predicted molar refractivity (Wildman–Crippen MR) is 130 cm³/mol. The third-order valence-electron chi connectivity index (χ3n) is 7.14. The van der Waals surface area contributed by atoms with E-state index in [0.29, 0.717) is 31.7 Å². The maximum Gasteiger partial charge on any atom is 0.253 e. The van der Waals surface area contributed by atoms with Crippen molar-refractivity contribution in [3.05, 3.63) is 70.6 Å². The number of rotatable bonds is 3. The second kappa shape index (κ2) is 8.52. The summed E-state index contributed by atoms with van der Waals surface area (Å²) in [4.78, 5) is 29.3. The number of hydrogen-bond acceptors (Lipinski definition) is 4. The largest absolute Gasteiger partial charge is 0.401 e. The van der Waals surface area contributed by atoms with Crippen LogP contribution < -0.4 is 21.9 Å². The van der Waals surface area contributed by atoms with Crippen LogP contribution in [0.3, 0.4) is 0 Å². The number of amides is 2. The van der Waals surface area contributed by atoms with Crippen molar-refractivity contribution in [3.8, 4) is 11.1 Å². The third kappa shape index (κ3) is 4.07. The zero-order valence-electron chi connectivity index (χ0n) is 18.8. The van der Waals surface area contributed by atoms with Crippen LogP contribution >= 0.6 is 0 Å². The summed E-state index contributed by atoms with van der Waals surface area (Å²) in [5, 5.41) is 2.18. The van der Waals surface area contributed by atoms with E-state index in [2.05, 4.69) is 30.4 Å². The van der Waals surface area contributed by atoms with Crippen molar-refractivity contribution in [1.29, 1.82) is 0 Å². The second-order valence-corrected chi connectivity index (χ2v) is 9.30. The Labute approximate surface area is 193 Å². The van der Waals surface area contributed by atoms with Crippen LogP contribution in [-0.4, -0.2) is 53.3 Å². The monoisotopic (exact) mass is 442 g/mol. The van der Waals surface area contributed by atoms with Gasteiger partial charge in [0.2, 0.25) is 5.91 Å². The van der Waals surface area contributed by atoms with E-state index in [0.717, 1.165) is 52.9 Å². The standard InChI is InChI=1S/C27H30N4O2/c28-24-5-2-1-4-22-18-21(10-11-23(22)24)19-6-8-20(9-7-19)25(32)30-14-16-31(17-15-30)26(33)27(29)12-3-13-27/h1-2,4,6-11,18H,3,5,12-17,28-29H2. The van der Waals surface area contributed by atoms with E-state index in [-0.39, 0.29) is 11.8 Å². The van der Waals surface area contributed by atoms with Gasteiger partial charge in [-0.05, 0) is 53.8 Å². The molecule has 2 amide bonds. The van der Waals surface area contributed by atoms with Crippen LogP contribution in [-0.2, 0) is 4.79 Å². The fraction of sp³-hybridized carbons (Fsp3) is 0.333. The summed E-state index contributed by atoms with van der Waals surface area (Å²) in [5.41, 5.74) is 15.4. The highest BCUT2D eigenvalue weighted by Crippen LogP contribution is 2.31. The average Bonchev–Trinajstić information content (AvgIpc) is 3.02. The van der Waals surface area contributed by atoms with Crippen LogP contribution in [0.25, 0.3) is 22.9 Å². The molecule has 5 rings (SSSR count). The summed E-state index contributed by atoms with van der Waals surface area (Å²) >= 11 is 0. The SMILES string of the molecule is NC1=c2ccc(-c3ccc(C(=O)N4CCN(C(=O)C5(N)CCC5)CC4)cc3)cc2=CC=CC1. The molecule has 2 aromatic rings. The van der Waals surface area contributed by atoms with Crippen molar-refractivity contribution in [3.63, 3.8) is 0 Å². The molecule has 0 bridgehead atoms. The van der Waals surface area contributed by atoms with E-state index >= 15 is 0 Å². The Balaban J connectivity index is 1.27. The topological polar surface area (TPSA) is 92.7 Å². The van der Waals surface area contributed by atoms with Gasteiger partial charge in [-0.25, -0.2) is 0 Å². The smallest absolute Gasteiger partial charge is 0.253 e. The minimum Gasteiger partial charge on any atom is -0.401 e. The number of allylic oxidation sites excluding steroid dienone is 1. The molecule has 2 aliphatic carbocycles. The molecular weight excluding hydrogens is 412 g/mol. The first kappa shape index (κ1) is 21.5. The fourth-order valence-corrected chi connectivity index (χ4v) is 4.84. The summed E-state index contributed by atoms with van der Waals surface area (Å²) in [6.07, 6.45) is 9.49. The molecular formula is C27H30N4O2. The molecule has 0 spiro atoms. The highest BCUT2D eigenvalue weighted by atomic mass is 16.2. The number of piperazine rings is 1. The van der Waals surface area contributed by atoms with Gasteiger partial charge in [0, 0.05) is 49.1 Å². The minimum atomic E-state index is -0.671. The van der Waals surface area contributed by atoms with Gasteiger partial charge in [-0.2, -0.15) is 0 Å². The van der Waals surface area contributed by atoms with E-state index < -0.39 is 5.54 Å². The van der Waals surface area contributed by atoms with Crippen molar-refractivity contribution in [2.24, 2.45) is 11.5 Å². The number of nitrogens with zero attached hydrogens (tertiary/aromatic N) is 2. The fourth-order valence-electron chi connectivity index (χ4n) is 4.84.